The molecule has 0 bridgehead atoms. The first-order valence-corrected chi connectivity index (χ1v) is 12.1. The molecule has 1 aromatic heterocycles. The monoisotopic (exact) mass is 513 g/mol. The molecule has 0 radical (unpaired) electrons. The maximum absolute atomic E-state index is 14.1. The fraction of sp³-hybridized carbons (Fsp3) is 0.423. The number of morpholine rings is 1. The van der Waals surface area contributed by atoms with Crippen molar-refractivity contribution in [1.29, 1.82) is 0 Å². The molecule has 3 aromatic rings. The topological polar surface area (TPSA) is 72.7 Å². The van der Waals surface area contributed by atoms with Crippen molar-refractivity contribution in [2.24, 2.45) is 7.05 Å². The van der Waals surface area contributed by atoms with Crippen LogP contribution in [0.2, 0.25) is 0 Å². The van der Waals surface area contributed by atoms with E-state index in [1.165, 1.54) is 11.0 Å². The fourth-order valence-electron chi connectivity index (χ4n) is 5.35. The van der Waals surface area contributed by atoms with E-state index in [-0.39, 0.29) is 23.1 Å². The molecule has 0 unspecified atom stereocenters. The molecule has 8 nitrogen and oxygen atoms in total. The third-order valence-electron chi connectivity index (χ3n) is 7.54. The number of rotatable bonds is 5. The number of ether oxygens (including phenoxy) is 2. The molecule has 2 saturated heterocycles. The Bertz CT molecular complexity index is 1350. The summed E-state index contributed by atoms with van der Waals surface area (Å²) in [5, 5.41) is 8.16. The number of aromatic nitrogens is 3. The average Bonchev–Trinajstić information content (AvgIpc) is 3.43. The Hall–Kier alpha value is -3.44. The van der Waals surface area contributed by atoms with Gasteiger partial charge in [0.1, 0.15) is 12.2 Å². The van der Waals surface area contributed by atoms with Crippen LogP contribution in [0.1, 0.15) is 32.9 Å². The number of carbonyl (C=O) groups excluding carboxylic acids is 1. The third-order valence-corrected chi connectivity index (χ3v) is 7.54. The predicted octanol–water partition coefficient (Wildman–Crippen LogP) is 3.34. The summed E-state index contributed by atoms with van der Waals surface area (Å²) < 4.78 is 55.2. The van der Waals surface area contributed by atoms with Gasteiger partial charge in [-0.05, 0) is 35.4 Å². The second-order valence-electron chi connectivity index (χ2n) is 9.87. The van der Waals surface area contributed by atoms with Crippen LogP contribution in [0, 0.1) is 0 Å². The van der Waals surface area contributed by atoms with Gasteiger partial charge >= 0.3 is 6.18 Å². The summed E-state index contributed by atoms with van der Waals surface area (Å²) in [5.41, 5.74) is 0.921. The van der Waals surface area contributed by atoms with Crippen molar-refractivity contribution in [2.45, 2.75) is 24.6 Å². The molecule has 37 heavy (non-hydrogen) atoms. The summed E-state index contributed by atoms with van der Waals surface area (Å²) in [6, 6.07) is 10.2. The lowest BCUT2D eigenvalue weighted by molar-refractivity contribution is -0.138. The summed E-state index contributed by atoms with van der Waals surface area (Å²) in [6.45, 7) is 2.66. The standard InChI is InChI=1S/C26H26F3N5O3/c1-32-16-30-31-23(32)12-25(14-37-15-25)17-3-2-4-18(9-17)34-13-21-20(24(34)35)10-19(11-22(21)26(27,28)29)33-5-7-36-8-6-33/h2-4,9-11,16H,5-8,12-15H2,1H3. The van der Waals surface area contributed by atoms with Crippen molar-refractivity contribution in [3.05, 3.63) is 70.8 Å². The molecule has 11 heteroatoms. The number of anilines is 2. The Labute approximate surface area is 211 Å². The first kappa shape index (κ1) is 23.9. The summed E-state index contributed by atoms with van der Waals surface area (Å²) in [5.74, 6) is 0.379. The maximum atomic E-state index is 14.1. The molecule has 3 aliphatic heterocycles. The molecule has 2 fully saturated rings. The Morgan fingerprint density at radius 1 is 1.05 bits per heavy atom. The van der Waals surface area contributed by atoms with E-state index in [0.29, 0.717) is 57.3 Å². The van der Waals surface area contributed by atoms with Crippen LogP contribution < -0.4 is 9.80 Å². The van der Waals surface area contributed by atoms with Crippen molar-refractivity contribution in [3.8, 4) is 0 Å². The van der Waals surface area contributed by atoms with Gasteiger partial charge in [-0.3, -0.25) is 4.79 Å². The second kappa shape index (κ2) is 8.84. The Morgan fingerprint density at radius 2 is 1.84 bits per heavy atom. The highest BCUT2D eigenvalue weighted by Gasteiger charge is 2.44. The number of aryl methyl sites for hydroxylation is 1. The SMILES string of the molecule is Cn1cnnc1CC1(c2cccc(N3Cc4c(cc(N5CCOCC5)cc4C(F)(F)F)C3=O)c2)COC1. The Kier molecular flexibility index (Phi) is 5.72. The van der Waals surface area contributed by atoms with E-state index in [0.717, 1.165) is 11.4 Å². The van der Waals surface area contributed by atoms with Gasteiger partial charge in [0.2, 0.25) is 0 Å². The predicted molar refractivity (Wildman–Crippen MR) is 129 cm³/mol. The molecule has 4 heterocycles. The molecule has 0 atom stereocenters. The maximum Gasteiger partial charge on any atom is 0.416 e. The third kappa shape index (κ3) is 4.15. The summed E-state index contributed by atoms with van der Waals surface area (Å²) in [6.07, 6.45) is -2.33. The van der Waals surface area contributed by atoms with Gasteiger partial charge in [0.25, 0.3) is 5.91 Å². The van der Waals surface area contributed by atoms with Gasteiger partial charge in [-0.25, -0.2) is 0 Å². The minimum atomic E-state index is -4.58. The number of hydrogen-bond donors (Lipinski definition) is 0. The number of benzene rings is 2. The normalized spacial score (nSPS) is 19.2. The number of nitrogens with zero attached hydrogens (tertiary/aromatic N) is 5. The van der Waals surface area contributed by atoms with Crippen molar-refractivity contribution in [1.82, 2.24) is 14.8 Å². The number of hydrogen-bond acceptors (Lipinski definition) is 6. The van der Waals surface area contributed by atoms with Crippen molar-refractivity contribution >= 4 is 17.3 Å². The lowest BCUT2D eigenvalue weighted by atomic mass is 9.75. The van der Waals surface area contributed by atoms with E-state index < -0.39 is 17.6 Å². The van der Waals surface area contributed by atoms with E-state index in [4.69, 9.17) is 9.47 Å². The molecule has 1 amide bonds. The number of amides is 1. The number of alkyl halides is 3. The van der Waals surface area contributed by atoms with Crippen LogP contribution in [-0.4, -0.2) is 60.2 Å². The van der Waals surface area contributed by atoms with Crippen LogP contribution in [0.25, 0.3) is 0 Å². The second-order valence-corrected chi connectivity index (χ2v) is 9.87. The summed E-state index contributed by atoms with van der Waals surface area (Å²) >= 11 is 0. The first-order chi connectivity index (χ1) is 17.7. The van der Waals surface area contributed by atoms with Gasteiger partial charge in [-0.15, -0.1) is 10.2 Å². The number of fused-ring (bicyclic) bond motifs is 1. The zero-order valence-corrected chi connectivity index (χ0v) is 20.3. The van der Waals surface area contributed by atoms with Gasteiger partial charge in [-0.1, -0.05) is 12.1 Å². The van der Waals surface area contributed by atoms with E-state index in [2.05, 4.69) is 10.2 Å². The van der Waals surface area contributed by atoms with Gasteiger partial charge in [0.15, 0.2) is 0 Å². The molecule has 0 spiro atoms. The molecule has 3 aliphatic rings. The van der Waals surface area contributed by atoms with Gasteiger partial charge < -0.3 is 23.8 Å². The van der Waals surface area contributed by atoms with Crippen LogP contribution in [0.4, 0.5) is 24.5 Å². The lowest BCUT2D eigenvalue weighted by Crippen LogP contribution is -2.49. The highest BCUT2D eigenvalue weighted by atomic mass is 19.4. The smallest absolute Gasteiger partial charge is 0.379 e. The summed E-state index contributed by atoms with van der Waals surface area (Å²) in [7, 11) is 1.88. The fourth-order valence-corrected chi connectivity index (χ4v) is 5.35. The van der Waals surface area contributed by atoms with Crippen molar-refractivity contribution in [2.75, 3.05) is 49.3 Å². The molecule has 6 rings (SSSR count). The van der Waals surface area contributed by atoms with E-state index in [1.807, 2.05) is 34.7 Å². The Morgan fingerprint density at radius 3 is 2.49 bits per heavy atom. The van der Waals surface area contributed by atoms with Crippen LogP contribution in [0.3, 0.4) is 0 Å². The zero-order valence-electron chi connectivity index (χ0n) is 20.3. The van der Waals surface area contributed by atoms with Crippen LogP contribution in [0.5, 0.6) is 0 Å². The highest BCUT2D eigenvalue weighted by Crippen LogP contribution is 2.42. The average molecular weight is 514 g/mol. The molecule has 0 saturated carbocycles. The van der Waals surface area contributed by atoms with Gasteiger partial charge in [0.05, 0.1) is 38.5 Å². The van der Waals surface area contributed by atoms with E-state index in [9.17, 15) is 18.0 Å². The molecule has 194 valence electrons. The molecule has 0 N–H and O–H groups in total. The number of halogens is 3. The first-order valence-electron chi connectivity index (χ1n) is 12.1. The summed E-state index contributed by atoms with van der Waals surface area (Å²) in [4.78, 5) is 16.8. The lowest BCUT2D eigenvalue weighted by Gasteiger charge is -2.42. The van der Waals surface area contributed by atoms with Crippen molar-refractivity contribution in [3.63, 3.8) is 0 Å². The molecule has 0 aliphatic carbocycles. The highest BCUT2D eigenvalue weighted by molar-refractivity contribution is 6.11. The molecular weight excluding hydrogens is 487 g/mol. The van der Waals surface area contributed by atoms with E-state index >= 15 is 0 Å². The quantitative estimate of drug-likeness (QED) is 0.521. The minimum Gasteiger partial charge on any atom is -0.379 e. The van der Waals surface area contributed by atoms with E-state index in [1.54, 1.807) is 18.5 Å². The Balaban J connectivity index is 1.34. The van der Waals surface area contributed by atoms with Crippen LogP contribution in [-0.2, 0) is 41.1 Å². The molecular formula is C26H26F3N5O3. The molecule has 2 aromatic carbocycles. The van der Waals surface area contributed by atoms with Crippen LogP contribution in [0.15, 0.2) is 42.7 Å². The zero-order chi connectivity index (χ0) is 25.8. The largest absolute Gasteiger partial charge is 0.416 e. The van der Waals surface area contributed by atoms with Crippen molar-refractivity contribution < 1.29 is 27.4 Å². The van der Waals surface area contributed by atoms with Gasteiger partial charge in [0, 0.05) is 48.9 Å². The van der Waals surface area contributed by atoms with Crippen LogP contribution >= 0.6 is 0 Å². The van der Waals surface area contributed by atoms with Gasteiger partial charge in [-0.2, -0.15) is 13.2 Å². The minimum absolute atomic E-state index is 0.0145. The number of carbonyl (C=O) groups is 1.